The summed E-state index contributed by atoms with van der Waals surface area (Å²) in [4.78, 5) is 13.5. The molecule has 0 aliphatic carbocycles. The number of rotatable bonds is 5. The number of nitrogens with zero attached hydrogens (tertiary/aromatic N) is 3. The normalized spacial score (nSPS) is 10.8. The van der Waals surface area contributed by atoms with Crippen molar-refractivity contribution in [3.05, 3.63) is 35.9 Å². The van der Waals surface area contributed by atoms with Gasteiger partial charge in [-0.25, -0.2) is 9.97 Å². The lowest BCUT2D eigenvalue weighted by molar-refractivity contribution is 0.772. The van der Waals surface area contributed by atoms with Crippen LogP contribution in [0.5, 0.6) is 0 Å². The molecule has 0 aliphatic rings. The third-order valence-electron chi connectivity index (χ3n) is 3.18. The minimum absolute atomic E-state index is 0.304. The molecule has 0 aromatic carbocycles. The van der Waals surface area contributed by atoms with Crippen LogP contribution in [0.2, 0.25) is 0 Å². The van der Waals surface area contributed by atoms with Gasteiger partial charge in [0.05, 0.1) is 5.69 Å². The molecule has 0 atom stereocenters. The third kappa shape index (κ3) is 3.13. The summed E-state index contributed by atoms with van der Waals surface area (Å²) < 4.78 is 0. The maximum Gasteiger partial charge on any atom is 0.133 e. The molecule has 106 valence electrons. The molecular formula is C16H22N4. The molecule has 2 aromatic heterocycles. The zero-order chi connectivity index (χ0) is 14.5. The maximum atomic E-state index is 4.73. The van der Waals surface area contributed by atoms with Crippen molar-refractivity contribution in [3.63, 3.8) is 0 Å². The SMILES string of the molecule is CCCNc1nc(C(C)C)nc(-c2ccncc2)c1C. The van der Waals surface area contributed by atoms with E-state index in [2.05, 4.69) is 43.0 Å². The zero-order valence-corrected chi connectivity index (χ0v) is 12.6. The van der Waals surface area contributed by atoms with Crippen molar-refractivity contribution in [2.45, 2.75) is 40.0 Å². The molecule has 20 heavy (non-hydrogen) atoms. The third-order valence-corrected chi connectivity index (χ3v) is 3.18. The number of nitrogens with one attached hydrogen (secondary N) is 1. The molecule has 2 heterocycles. The second-order valence-corrected chi connectivity index (χ2v) is 5.22. The van der Waals surface area contributed by atoms with Gasteiger partial charge in [-0.05, 0) is 25.5 Å². The van der Waals surface area contributed by atoms with Gasteiger partial charge in [-0.15, -0.1) is 0 Å². The van der Waals surface area contributed by atoms with Crippen LogP contribution in [-0.4, -0.2) is 21.5 Å². The van der Waals surface area contributed by atoms with Crippen LogP contribution in [0.3, 0.4) is 0 Å². The molecule has 4 heteroatoms. The first-order chi connectivity index (χ1) is 9.63. The highest BCUT2D eigenvalue weighted by atomic mass is 15.0. The number of hydrogen-bond donors (Lipinski definition) is 1. The summed E-state index contributed by atoms with van der Waals surface area (Å²) in [6.07, 6.45) is 4.67. The molecule has 2 aromatic rings. The topological polar surface area (TPSA) is 50.7 Å². The predicted molar refractivity (Wildman–Crippen MR) is 82.9 cm³/mol. The van der Waals surface area contributed by atoms with Gasteiger partial charge in [0.25, 0.3) is 0 Å². The number of anilines is 1. The second-order valence-electron chi connectivity index (χ2n) is 5.22. The Morgan fingerprint density at radius 3 is 2.45 bits per heavy atom. The lowest BCUT2D eigenvalue weighted by Gasteiger charge is -2.15. The average Bonchev–Trinajstić information content (AvgIpc) is 2.47. The summed E-state index contributed by atoms with van der Waals surface area (Å²) in [6.45, 7) is 9.37. The van der Waals surface area contributed by atoms with Crippen LogP contribution < -0.4 is 5.32 Å². The van der Waals surface area contributed by atoms with Gasteiger partial charge in [-0.3, -0.25) is 4.98 Å². The van der Waals surface area contributed by atoms with E-state index in [-0.39, 0.29) is 0 Å². The summed E-state index contributed by atoms with van der Waals surface area (Å²) in [5.41, 5.74) is 3.17. The van der Waals surface area contributed by atoms with Crippen molar-refractivity contribution in [2.24, 2.45) is 0 Å². The first-order valence-corrected chi connectivity index (χ1v) is 7.16. The van der Waals surface area contributed by atoms with E-state index in [0.29, 0.717) is 5.92 Å². The quantitative estimate of drug-likeness (QED) is 0.898. The van der Waals surface area contributed by atoms with E-state index in [4.69, 9.17) is 4.98 Å². The van der Waals surface area contributed by atoms with Crippen LogP contribution in [0.25, 0.3) is 11.3 Å². The van der Waals surface area contributed by atoms with Crippen LogP contribution in [0.4, 0.5) is 5.82 Å². The monoisotopic (exact) mass is 270 g/mol. The molecule has 0 unspecified atom stereocenters. The largest absolute Gasteiger partial charge is 0.370 e. The van der Waals surface area contributed by atoms with Crippen molar-refractivity contribution in [1.82, 2.24) is 15.0 Å². The van der Waals surface area contributed by atoms with E-state index in [1.54, 1.807) is 12.4 Å². The van der Waals surface area contributed by atoms with Gasteiger partial charge in [0.1, 0.15) is 11.6 Å². The Bertz CT molecular complexity index is 564. The molecule has 0 saturated carbocycles. The van der Waals surface area contributed by atoms with Crippen LogP contribution in [-0.2, 0) is 0 Å². The van der Waals surface area contributed by atoms with Gasteiger partial charge in [-0.2, -0.15) is 0 Å². The van der Waals surface area contributed by atoms with Crippen molar-refractivity contribution in [1.29, 1.82) is 0 Å². The van der Waals surface area contributed by atoms with Gasteiger partial charge < -0.3 is 5.32 Å². The van der Waals surface area contributed by atoms with Crippen molar-refractivity contribution in [3.8, 4) is 11.3 Å². The second kappa shape index (κ2) is 6.46. The van der Waals surface area contributed by atoms with Crippen molar-refractivity contribution >= 4 is 5.82 Å². The Hall–Kier alpha value is -1.97. The number of aromatic nitrogens is 3. The Morgan fingerprint density at radius 2 is 1.85 bits per heavy atom. The fourth-order valence-electron chi connectivity index (χ4n) is 2.00. The average molecular weight is 270 g/mol. The predicted octanol–water partition coefficient (Wildman–Crippen LogP) is 3.79. The molecule has 0 amide bonds. The smallest absolute Gasteiger partial charge is 0.133 e. The Morgan fingerprint density at radius 1 is 1.15 bits per heavy atom. The van der Waals surface area contributed by atoms with E-state index in [9.17, 15) is 0 Å². The Kier molecular flexibility index (Phi) is 4.66. The minimum atomic E-state index is 0.304. The fraction of sp³-hybridized carbons (Fsp3) is 0.438. The van der Waals surface area contributed by atoms with E-state index in [0.717, 1.165) is 41.4 Å². The summed E-state index contributed by atoms with van der Waals surface area (Å²) in [5, 5.41) is 3.40. The molecule has 0 bridgehead atoms. The standard InChI is InChI=1S/C16H22N4/c1-5-8-18-16-12(4)14(13-6-9-17-10-7-13)19-15(20-16)11(2)3/h6-7,9-11H,5,8H2,1-4H3,(H,18,19,20). The maximum absolute atomic E-state index is 4.73. The summed E-state index contributed by atoms with van der Waals surface area (Å²) >= 11 is 0. The molecule has 0 spiro atoms. The van der Waals surface area contributed by atoms with Gasteiger partial charge >= 0.3 is 0 Å². The lowest BCUT2D eigenvalue weighted by atomic mass is 10.1. The molecule has 0 aliphatic heterocycles. The van der Waals surface area contributed by atoms with Gasteiger partial charge in [0.15, 0.2) is 0 Å². The minimum Gasteiger partial charge on any atom is -0.370 e. The summed E-state index contributed by atoms with van der Waals surface area (Å²) in [6, 6.07) is 3.98. The summed E-state index contributed by atoms with van der Waals surface area (Å²) in [7, 11) is 0. The Labute approximate surface area is 120 Å². The molecule has 1 N–H and O–H groups in total. The highest BCUT2D eigenvalue weighted by Crippen LogP contribution is 2.27. The highest BCUT2D eigenvalue weighted by molar-refractivity contribution is 5.67. The van der Waals surface area contributed by atoms with E-state index < -0.39 is 0 Å². The van der Waals surface area contributed by atoms with Gasteiger partial charge in [0.2, 0.25) is 0 Å². The van der Waals surface area contributed by atoms with Crippen molar-refractivity contribution < 1.29 is 0 Å². The fourth-order valence-corrected chi connectivity index (χ4v) is 2.00. The van der Waals surface area contributed by atoms with Crippen LogP contribution in [0.15, 0.2) is 24.5 Å². The number of pyridine rings is 1. The van der Waals surface area contributed by atoms with E-state index in [1.165, 1.54) is 0 Å². The Balaban J connectivity index is 2.52. The van der Waals surface area contributed by atoms with E-state index >= 15 is 0 Å². The highest BCUT2D eigenvalue weighted by Gasteiger charge is 2.14. The molecule has 0 fully saturated rings. The zero-order valence-electron chi connectivity index (χ0n) is 12.6. The van der Waals surface area contributed by atoms with Crippen molar-refractivity contribution in [2.75, 3.05) is 11.9 Å². The van der Waals surface area contributed by atoms with E-state index in [1.807, 2.05) is 12.1 Å². The molecule has 0 saturated heterocycles. The molecule has 0 radical (unpaired) electrons. The number of hydrogen-bond acceptors (Lipinski definition) is 4. The molecule has 4 nitrogen and oxygen atoms in total. The molecular weight excluding hydrogens is 248 g/mol. The first-order valence-electron chi connectivity index (χ1n) is 7.16. The lowest BCUT2D eigenvalue weighted by Crippen LogP contribution is -2.10. The van der Waals surface area contributed by atoms with Gasteiger partial charge in [0, 0.05) is 36.0 Å². The van der Waals surface area contributed by atoms with Gasteiger partial charge in [-0.1, -0.05) is 20.8 Å². The van der Waals surface area contributed by atoms with Crippen LogP contribution >= 0.6 is 0 Å². The van der Waals surface area contributed by atoms with Crippen LogP contribution in [0, 0.1) is 6.92 Å². The molecule has 2 rings (SSSR count). The first kappa shape index (κ1) is 14.4. The van der Waals surface area contributed by atoms with Crippen LogP contribution in [0.1, 0.15) is 44.5 Å². The summed E-state index contributed by atoms with van der Waals surface area (Å²) in [5.74, 6) is 2.12.